The predicted molar refractivity (Wildman–Crippen MR) is 80.0 cm³/mol. The molecule has 1 aromatic carbocycles. The molecule has 1 aliphatic rings. The molecule has 1 fully saturated rings. The molecule has 1 atom stereocenters. The average molecular weight is 297 g/mol. The number of hydrogen-bond donors (Lipinski definition) is 1. The van der Waals surface area contributed by atoms with E-state index in [-0.39, 0.29) is 0 Å². The summed E-state index contributed by atoms with van der Waals surface area (Å²) in [5.41, 5.74) is 0.318. The molecule has 118 valence electrons. The predicted octanol–water partition coefficient (Wildman–Crippen LogP) is 3.90. The fourth-order valence-electron chi connectivity index (χ4n) is 3.18. The quantitative estimate of drug-likeness (QED) is 0.861. The molecule has 0 radical (unpaired) electrons. The molecule has 2 rings (SSSR count). The SMILES string of the molecule is CN(CCC(O)c1cc(F)cc(F)c1)CC1CCCCC1. The van der Waals surface area contributed by atoms with Crippen LogP contribution in [0.15, 0.2) is 18.2 Å². The monoisotopic (exact) mass is 297 g/mol. The van der Waals surface area contributed by atoms with Gasteiger partial charge < -0.3 is 10.0 Å². The summed E-state index contributed by atoms with van der Waals surface area (Å²) in [6, 6.07) is 3.23. The second-order valence-corrected chi connectivity index (χ2v) is 6.27. The third-order valence-electron chi connectivity index (χ3n) is 4.35. The second kappa shape index (κ2) is 7.85. The normalized spacial score (nSPS) is 18.1. The van der Waals surface area contributed by atoms with Crippen LogP contribution >= 0.6 is 0 Å². The van der Waals surface area contributed by atoms with Crippen LogP contribution in [0.3, 0.4) is 0 Å². The maximum Gasteiger partial charge on any atom is 0.126 e. The van der Waals surface area contributed by atoms with Crippen LogP contribution in [0.4, 0.5) is 8.78 Å². The van der Waals surface area contributed by atoms with E-state index < -0.39 is 17.7 Å². The molecular formula is C17H25F2NO. The maximum absolute atomic E-state index is 13.1. The Morgan fingerprint density at radius 3 is 2.38 bits per heavy atom. The van der Waals surface area contributed by atoms with Crippen molar-refractivity contribution >= 4 is 0 Å². The van der Waals surface area contributed by atoms with Gasteiger partial charge in [0.15, 0.2) is 0 Å². The van der Waals surface area contributed by atoms with E-state index in [1.165, 1.54) is 44.2 Å². The van der Waals surface area contributed by atoms with Crippen LogP contribution in [0, 0.1) is 17.6 Å². The second-order valence-electron chi connectivity index (χ2n) is 6.27. The first-order valence-corrected chi connectivity index (χ1v) is 7.87. The Morgan fingerprint density at radius 2 is 1.76 bits per heavy atom. The molecule has 2 nitrogen and oxygen atoms in total. The molecule has 1 N–H and O–H groups in total. The zero-order chi connectivity index (χ0) is 15.2. The number of aliphatic hydroxyl groups is 1. The summed E-state index contributed by atoms with van der Waals surface area (Å²) in [5, 5.41) is 10.1. The highest BCUT2D eigenvalue weighted by Gasteiger charge is 2.16. The van der Waals surface area contributed by atoms with Gasteiger partial charge in [0.1, 0.15) is 11.6 Å². The summed E-state index contributed by atoms with van der Waals surface area (Å²) in [6.45, 7) is 1.78. The highest BCUT2D eigenvalue weighted by Crippen LogP contribution is 2.25. The Bertz CT molecular complexity index is 426. The Hall–Kier alpha value is -1.00. The van der Waals surface area contributed by atoms with E-state index in [0.717, 1.165) is 25.1 Å². The fraction of sp³-hybridized carbons (Fsp3) is 0.647. The molecule has 0 aliphatic heterocycles. The lowest BCUT2D eigenvalue weighted by atomic mass is 9.89. The van der Waals surface area contributed by atoms with E-state index in [9.17, 15) is 13.9 Å². The summed E-state index contributed by atoms with van der Waals surface area (Å²) in [5.74, 6) is -0.522. The van der Waals surface area contributed by atoms with Gasteiger partial charge in [0, 0.05) is 19.2 Å². The van der Waals surface area contributed by atoms with Crippen LogP contribution in [0.25, 0.3) is 0 Å². The van der Waals surface area contributed by atoms with Gasteiger partial charge in [-0.15, -0.1) is 0 Å². The number of nitrogens with zero attached hydrogens (tertiary/aromatic N) is 1. The van der Waals surface area contributed by atoms with Gasteiger partial charge in [-0.05, 0) is 49.9 Å². The molecule has 1 aliphatic carbocycles. The van der Waals surface area contributed by atoms with Crippen LogP contribution in [0.1, 0.15) is 50.2 Å². The zero-order valence-corrected chi connectivity index (χ0v) is 12.7. The van der Waals surface area contributed by atoms with Gasteiger partial charge in [0.2, 0.25) is 0 Å². The van der Waals surface area contributed by atoms with Crippen molar-refractivity contribution in [1.82, 2.24) is 4.90 Å². The Morgan fingerprint density at radius 1 is 1.14 bits per heavy atom. The molecule has 0 aromatic heterocycles. The largest absolute Gasteiger partial charge is 0.388 e. The van der Waals surface area contributed by atoms with E-state index in [2.05, 4.69) is 4.90 Å². The molecule has 0 bridgehead atoms. The molecule has 0 amide bonds. The van der Waals surface area contributed by atoms with Crippen molar-refractivity contribution in [3.05, 3.63) is 35.4 Å². The summed E-state index contributed by atoms with van der Waals surface area (Å²) >= 11 is 0. The highest BCUT2D eigenvalue weighted by molar-refractivity contribution is 5.20. The average Bonchev–Trinajstić information content (AvgIpc) is 2.45. The van der Waals surface area contributed by atoms with Crippen molar-refractivity contribution < 1.29 is 13.9 Å². The minimum Gasteiger partial charge on any atom is -0.388 e. The highest BCUT2D eigenvalue weighted by atomic mass is 19.1. The third-order valence-corrected chi connectivity index (χ3v) is 4.35. The van der Waals surface area contributed by atoms with Crippen molar-refractivity contribution in [2.45, 2.75) is 44.6 Å². The number of benzene rings is 1. The topological polar surface area (TPSA) is 23.5 Å². The summed E-state index contributed by atoms with van der Waals surface area (Å²) in [6.07, 6.45) is 6.26. The summed E-state index contributed by atoms with van der Waals surface area (Å²) in [7, 11) is 2.05. The molecule has 0 spiro atoms. The van der Waals surface area contributed by atoms with E-state index in [1.807, 2.05) is 7.05 Å². The van der Waals surface area contributed by atoms with Crippen LogP contribution in [-0.4, -0.2) is 30.1 Å². The smallest absolute Gasteiger partial charge is 0.126 e. The van der Waals surface area contributed by atoms with Crippen LogP contribution in [0.2, 0.25) is 0 Å². The third kappa shape index (κ3) is 5.36. The van der Waals surface area contributed by atoms with Gasteiger partial charge in [-0.3, -0.25) is 0 Å². The van der Waals surface area contributed by atoms with Gasteiger partial charge in [0.05, 0.1) is 6.10 Å². The van der Waals surface area contributed by atoms with Gasteiger partial charge in [-0.1, -0.05) is 19.3 Å². The number of halogens is 2. The molecular weight excluding hydrogens is 272 g/mol. The number of aliphatic hydroxyl groups excluding tert-OH is 1. The lowest BCUT2D eigenvalue weighted by Gasteiger charge is -2.27. The van der Waals surface area contributed by atoms with Crippen LogP contribution in [0.5, 0.6) is 0 Å². The molecule has 21 heavy (non-hydrogen) atoms. The Balaban J connectivity index is 1.78. The molecule has 0 heterocycles. The standard InChI is InChI=1S/C17H25F2NO/c1-20(12-13-5-3-2-4-6-13)8-7-17(21)14-9-15(18)11-16(19)10-14/h9-11,13,17,21H,2-8,12H2,1H3. The minimum atomic E-state index is -0.816. The van der Waals surface area contributed by atoms with Crippen molar-refractivity contribution in [3.8, 4) is 0 Å². The first-order chi connectivity index (χ1) is 10.0. The summed E-state index contributed by atoms with van der Waals surface area (Å²) in [4.78, 5) is 2.22. The summed E-state index contributed by atoms with van der Waals surface area (Å²) < 4.78 is 26.3. The number of hydrogen-bond acceptors (Lipinski definition) is 2. The molecule has 4 heteroatoms. The van der Waals surface area contributed by atoms with E-state index in [0.29, 0.717) is 12.0 Å². The van der Waals surface area contributed by atoms with Gasteiger partial charge in [0.25, 0.3) is 0 Å². The first kappa shape index (κ1) is 16.4. The maximum atomic E-state index is 13.1. The first-order valence-electron chi connectivity index (χ1n) is 7.87. The van der Waals surface area contributed by atoms with Crippen molar-refractivity contribution in [2.75, 3.05) is 20.1 Å². The van der Waals surface area contributed by atoms with Gasteiger partial charge in [-0.2, -0.15) is 0 Å². The minimum absolute atomic E-state index is 0.318. The van der Waals surface area contributed by atoms with E-state index in [1.54, 1.807) is 0 Å². The lowest BCUT2D eigenvalue weighted by molar-refractivity contribution is 0.140. The van der Waals surface area contributed by atoms with Gasteiger partial charge in [-0.25, -0.2) is 8.78 Å². The molecule has 1 unspecified atom stereocenters. The van der Waals surface area contributed by atoms with Crippen LogP contribution in [-0.2, 0) is 0 Å². The molecule has 1 aromatic rings. The van der Waals surface area contributed by atoms with Crippen LogP contribution < -0.4 is 0 Å². The lowest BCUT2D eigenvalue weighted by Crippen LogP contribution is -2.28. The van der Waals surface area contributed by atoms with E-state index in [4.69, 9.17) is 0 Å². The van der Waals surface area contributed by atoms with E-state index >= 15 is 0 Å². The zero-order valence-electron chi connectivity index (χ0n) is 12.7. The van der Waals surface area contributed by atoms with Crippen molar-refractivity contribution in [1.29, 1.82) is 0 Å². The van der Waals surface area contributed by atoms with Gasteiger partial charge >= 0.3 is 0 Å². The Labute approximate surface area is 125 Å². The van der Waals surface area contributed by atoms with Crippen molar-refractivity contribution in [2.24, 2.45) is 5.92 Å². The van der Waals surface area contributed by atoms with Crippen molar-refractivity contribution in [3.63, 3.8) is 0 Å². The fourth-order valence-corrected chi connectivity index (χ4v) is 3.18. The number of rotatable bonds is 6. The molecule has 1 saturated carbocycles. The Kier molecular flexibility index (Phi) is 6.12. The molecule has 0 saturated heterocycles.